The van der Waals surface area contributed by atoms with Gasteiger partial charge in [0.1, 0.15) is 0 Å². The lowest BCUT2D eigenvalue weighted by Crippen LogP contribution is -2.36. The van der Waals surface area contributed by atoms with E-state index < -0.39 is 0 Å². The van der Waals surface area contributed by atoms with E-state index in [2.05, 4.69) is 29.4 Å². The first-order valence-electron chi connectivity index (χ1n) is 11.5. The van der Waals surface area contributed by atoms with Crippen molar-refractivity contribution in [1.29, 1.82) is 0 Å². The number of rotatable bonds is 11. The van der Waals surface area contributed by atoms with Crippen molar-refractivity contribution < 1.29 is 9.59 Å². The monoisotopic (exact) mass is 451 g/mol. The SMILES string of the molecule is CCCCN(CCCC)CCNC(=O)c1ccc2c(c1)NC(=O)/C(=C/c1ccccc1)S2. The number of anilines is 1. The summed E-state index contributed by atoms with van der Waals surface area (Å²) in [5.74, 6) is -0.255. The predicted octanol–water partition coefficient (Wildman–Crippen LogP) is 5.40. The lowest BCUT2D eigenvalue weighted by atomic mass is 10.1. The molecule has 2 N–H and O–H groups in total. The smallest absolute Gasteiger partial charge is 0.262 e. The molecule has 0 aromatic heterocycles. The van der Waals surface area contributed by atoms with Crippen LogP contribution in [0.2, 0.25) is 0 Å². The van der Waals surface area contributed by atoms with Crippen LogP contribution < -0.4 is 10.6 Å². The molecule has 0 spiro atoms. The van der Waals surface area contributed by atoms with Crippen molar-refractivity contribution in [3.05, 3.63) is 64.6 Å². The van der Waals surface area contributed by atoms with Gasteiger partial charge in [-0.05, 0) is 55.8 Å². The molecule has 1 aliphatic rings. The maximum Gasteiger partial charge on any atom is 0.262 e. The summed E-state index contributed by atoms with van der Waals surface area (Å²) >= 11 is 1.43. The molecule has 2 aromatic carbocycles. The highest BCUT2D eigenvalue weighted by atomic mass is 32.2. The molecule has 0 radical (unpaired) electrons. The van der Waals surface area contributed by atoms with Gasteiger partial charge in [0, 0.05) is 23.5 Å². The van der Waals surface area contributed by atoms with E-state index in [-0.39, 0.29) is 11.8 Å². The van der Waals surface area contributed by atoms with Crippen LogP contribution in [-0.2, 0) is 4.79 Å². The summed E-state index contributed by atoms with van der Waals surface area (Å²) in [5.41, 5.74) is 2.23. The van der Waals surface area contributed by atoms with E-state index in [4.69, 9.17) is 0 Å². The first kappa shape index (κ1) is 24.1. The molecule has 5 nitrogen and oxygen atoms in total. The van der Waals surface area contributed by atoms with E-state index >= 15 is 0 Å². The van der Waals surface area contributed by atoms with Gasteiger partial charge in [-0.3, -0.25) is 9.59 Å². The predicted molar refractivity (Wildman–Crippen MR) is 134 cm³/mol. The molecule has 32 heavy (non-hydrogen) atoms. The molecule has 1 heterocycles. The molecule has 1 aliphatic heterocycles. The highest BCUT2D eigenvalue weighted by molar-refractivity contribution is 8.04. The second-order valence-corrected chi connectivity index (χ2v) is 9.07. The number of carbonyl (C=O) groups is 2. The maximum absolute atomic E-state index is 12.7. The Morgan fingerprint density at radius 1 is 1.03 bits per heavy atom. The van der Waals surface area contributed by atoms with E-state index in [9.17, 15) is 9.59 Å². The summed E-state index contributed by atoms with van der Waals surface area (Å²) in [5, 5.41) is 5.96. The Labute approximate surface area is 195 Å². The maximum atomic E-state index is 12.7. The lowest BCUT2D eigenvalue weighted by Gasteiger charge is -2.22. The van der Waals surface area contributed by atoms with Crippen molar-refractivity contribution >= 4 is 35.3 Å². The van der Waals surface area contributed by atoms with Gasteiger partial charge >= 0.3 is 0 Å². The van der Waals surface area contributed by atoms with E-state index in [1.54, 1.807) is 6.07 Å². The van der Waals surface area contributed by atoms with Gasteiger partial charge in [-0.15, -0.1) is 0 Å². The number of hydrogen-bond donors (Lipinski definition) is 2. The Morgan fingerprint density at radius 2 is 1.75 bits per heavy atom. The van der Waals surface area contributed by atoms with Gasteiger partial charge in [0.25, 0.3) is 11.8 Å². The highest BCUT2D eigenvalue weighted by Crippen LogP contribution is 2.39. The molecule has 3 rings (SSSR count). The molecule has 0 aliphatic carbocycles. The van der Waals surface area contributed by atoms with Crippen molar-refractivity contribution in [1.82, 2.24) is 10.2 Å². The molecule has 0 saturated carbocycles. The Bertz CT molecular complexity index is 935. The Kier molecular flexibility index (Phi) is 9.38. The van der Waals surface area contributed by atoms with Gasteiger partial charge in [0.15, 0.2) is 0 Å². The molecule has 0 unspecified atom stereocenters. The molecule has 6 heteroatoms. The number of benzene rings is 2. The molecule has 0 bridgehead atoms. The summed E-state index contributed by atoms with van der Waals surface area (Å²) in [7, 11) is 0. The van der Waals surface area contributed by atoms with Crippen molar-refractivity contribution in [2.45, 2.75) is 44.4 Å². The minimum Gasteiger partial charge on any atom is -0.351 e. The van der Waals surface area contributed by atoms with Gasteiger partial charge in [-0.1, -0.05) is 68.8 Å². The number of fused-ring (bicyclic) bond motifs is 1. The van der Waals surface area contributed by atoms with Gasteiger partial charge in [0.2, 0.25) is 0 Å². The minimum atomic E-state index is -0.147. The van der Waals surface area contributed by atoms with Crippen LogP contribution in [0.5, 0.6) is 0 Å². The Hall–Kier alpha value is -2.57. The second kappa shape index (κ2) is 12.5. The van der Waals surface area contributed by atoms with E-state index in [1.807, 2.05) is 48.5 Å². The number of amides is 2. The third-order valence-corrected chi connectivity index (χ3v) is 6.50. The Morgan fingerprint density at radius 3 is 2.44 bits per heavy atom. The fraction of sp³-hybridized carbons (Fsp3) is 0.385. The molecule has 0 saturated heterocycles. The van der Waals surface area contributed by atoms with Crippen LogP contribution >= 0.6 is 11.8 Å². The quantitative estimate of drug-likeness (QED) is 0.449. The average molecular weight is 452 g/mol. The third kappa shape index (κ3) is 6.97. The zero-order chi connectivity index (χ0) is 22.8. The fourth-order valence-corrected chi connectivity index (χ4v) is 4.46. The lowest BCUT2D eigenvalue weighted by molar-refractivity contribution is -0.112. The molecule has 0 atom stereocenters. The van der Waals surface area contributed by atoms with Crippen molar-refractivity contribution in [3.8, 4) is 0 Å². The minimum absolute atomic E-state index is 0.108. The largest absolute Gasteiger partial charge is 0.351 e. The molecule has 2 amide bonds. The number of nitrogens with zero attached hydrogens (tertiary/aromatic N) is 1. The number of thioether (sulfide) groups is 1. The standard InChI is InChI=1S/C26H33N3O2S/c1-3-5-15-29(16-6-4-2)17-14-27-25(30)21-12-13-23-22(19-21)28-26(31)24(32-23)18-20-10-8-7-9-11-20/h7-13,18-19H,3-6,14-17H2,1-2H3,(H,27,30)(H,28,31)/b24-18-. The van der Waals surface area contributed by atoms with Crippen molar-refractivity contribution in [2.75, 3.05) is 31.5 Å². The summed E-state index contributed by atoms with van der Waals surface area (Å²) < 4.78 is 0. The fourth-order valence-electron chi connectivity index (χ4n) is 3.53. The Balaban J connectivity index is 1.59. The topological polar surface area (TPSA) is 61.4 Å². The van der Waals surface area contributed by atoms with Gasteiger partial charge < -0.3 is 15.5 Å². The van der Waals surface area contributed by atoms with Crippen LogP contribution in [0.4, 0.5) is 5.69 Å². The van der Waals surface area contributed by atoms with E-state index in [1.165, 1.54) is 37.4 Å². The third-order valence-electron chi connectivity index (χ3n) is 5.40. The second-order valence-electron chi connectivity index (χ2n) is 7.99. The molecular formula is C26H33N3O2S. The van der Waals surface area contributed by atoms with Gasteiger partial charge in [-0.25, -0.2) is 0 Å². The van der Waals surface area contributed by atoms with Crippen LogP contribution in [0.3, 0.4) is 0 Å². The van der Waals surface area contributed by atoms with Crippen LogP contribution in [0, 0.1) is 0 Å². The zero-order valence-electron chi connectivity index (χ0n) is 19.0. The first-order chi connectivity index (χ1) is 15.6. The molecule has 170 valence electrons. The summed E-state index contributed by atoms with van der Waals surface area (Å²) in [6.07, 6.45) is 6.60. The number of carbonyl (C=O) groups excluding carboxylic acids is 2. The van der Waals surface area contributed by atoms with Gasteiger partial charge in [0.05, 0.1) is 10.6 Å². The van der Waals surface area contributed by atoms with E-state index in [0.717, 1.165) is 30.1 Å². The zero-order valence-corrected chi connectivity index (χ0v) is 19.8. The summed E-state index contributed by atoms with van der Waals surface area (Å²) in [6, 6.07) is 15.3. The first-order valence-corrected chi connectivity index (χ1v) is 12.3. The highest BCUT2D eigenvalue weighted by Gasteiger charge is 2.22. The van der Waals surface area contributed by atoms with Crippen LogP contribution in [-0.4, -0.2) is 42.9 Å². The van der Waals surface area contributed by atoms with Crippen LogP contribution in [0.15, 0.2) is 58.3 Å². The molecule has 0 fully saturated rings. The summed E-state index contributed by atoms with van der Waals surface area (Å²) in [6.45, 7) is 8.03. The number of nitrogens with one attached hydrogen (secondary N) is 2. The van der Waals surface area contributed by atoms with E-state index in [0.29, 0.717) is 22.7 Å². The average Bonchev–Trinajstić information content (AvgIpc) is 2.81. The summed E-state index contributed by atoms with van der Waals surface area (Å²) in [4.78, 5) is 29.2. The molecular weight excluding hydrogens is 418 g/mol. The van der Waals surface area contributed by atoms with Gasteiger partial charge in [-0.2, -0.15) is 0 Å². The van der Waals surface area contributed by atoms with Crippen LogP contribution in [0.1, 0.15) is 55.5 Å². The van der Waals surface area contributed by atoms with Crippen LogP contribution in [0.25, 0.3) is 6.08 Å². The van der Waals surface area contributed by atoms with Crippen molar-refractivity contribution in [2.24, 2.45) is 0 Å². The van der Waals surface area contributed by atoms with Crippen molar-refractivity contribution in [3.63, 3.8) is 0 Å². The normalized spacial score (nSPS) is 14.3. The number of hydrogen-bond acceptors (Lipinski definition) is 4. The molecule has 2 aromatic rings. The number of unbranched alkanes of at least 4 members (excludes halogenated alkanes) is 2.